The van der Waals surface area contributed by atoms with E-state index in [-0.39, 0.29) is 12.7 Å². The van der Waals surface area contributed by atoms with E-state index in [2.05, 4.69) is 4.90 Å². The highest BCUT2D eigenvalue weighted by Gasteiger charge is 2.29. The fourth-order valence-corrected chi connectivity index (χ4v) is 3.48. The summed E-state index contributed by atoms with van der Waals surface area (Å²) < 4.78 is 5.64. The number of hydrogen-bond acceptors (Lipinski definition) is 4. The first kappa shape index (κ1) is 18.8. The Kier molecular flexibility index (Phi) is 6.57. The summed E-state index contributed by atoms with van der Waals surface area (Å²) in [5, 5.41) is 20.6. The molecule has 1 aliphatic rings. The highest BCUT2D eigenvalue weighted by atomic mass is 35.5. The molecular formula is C17H25Cl2NO3. The van der Waals surface area contributed by atoms with E-state index in [0.717, 1.165) is 25.1 Å². The Bertz CT molecular complexity index is 516. The van der Waals surface area contributed by atoms with Gasteiger partial charge in [0.25, 0.3) is 0 Å². The lowest BCUT2D eigenvalue weighted by atomic mass is 9.96. The lowest BCUT2D eigenvalue weighted by Gasteiger charge is -2.24. The average Bonchev–Trinajstić information content (AvgIpc) is 2.66. The van der Waals surface area contributed by atoms with E-state index in [1.165, 1.54) is 0 Å². The van der Waals surface area contributed by atoms with Crippen molar-refractivity contribution in [2.75, 3.05) is 19.7 Å². The minimum absolute atomic E-state index is 0.0117. The van der Waals surface area contributed by atoms with E-state index in [1.54, 1.807) is 0 Å². The van der Waals surface area contributed by atoms with Gasteiger partial charge in [0, 0.05) is 13.1 Å². The Morgan fingerprint density at radius 2 is 1.87 bits per heavy atom. The molecule has 0 bridgehead atoms. The van der Waals surface area contributed by atoms with Crippen molar-refractivity contribution >= 4 is 23.2 Å². The van der Waals surface area contributed by atoms with Crippen LogP contribution in [0.15, 0.2) is 12.1 Å². The summed E-state index contributed by atoms with van der Waals surface area (Å²) in [6.45, 7) is 6.00. The number of aliphatic hydroxyl groups is 2. The van der Waals surface area contributed by atoms with Crippen molar-refractivity contribution in [3.8, 4) is 5.75 Å². The summed E-state index contributed by atoms with van der Waals surface area (Å²) in [6, 6.07) is 3.77. The van der Waals surface area contributed by atoms with Gasteiger partial charge >= 0.3 is 0 Å². The van der Waals surface area contributed by atoms with Gasteiger partial charge in [-0.25, -0.2) is 0 Å². The van der Waals surface area contributed by atoms with Crippen molar-refractivity contribution in [2.24, 2.45) is 0 Å². The molecule has 23 heavy (non-hydrogen) atoms. The molecule has 6 heteroatoms. The quantitative estimate of drug-likeness (QED) is 0.842. The Hall–Kier alpha value is -0.520. The summed E-state index contributed by atoms with van der Waals surface area (Å²) >= 11 is 12.6. The van der Waals surface area contributed by atoms with Crippen LogP contribution >= 0.6 is 23.2 Å². The molecule has 0 unspecified atom stereocenters. The molecule has 0 spiro atoms. The molecule has 2 N–H and O–H groups in total. The maximum absolute atomic E-state index is 10.2. The van der Waals surface area contributed by atoms with Crippen LogP contribution < -0.4 is 4.74 Å². The van der Waals surface area contributed by atoms with Gasteiger partial charge in [0.1, 0.15) is 0 Å². The molecule has 0 saturated carbocycles. The Labute approximate surface area is 148 Å². The summed E-state index contributed by atoms with van der Waals surface area (Å²) in [7, 11) is 0. The van der Waals surface area contributed by atoms with Crippen molar-refractivity contribution in [3.63, 3.8) is 0 Å². The van der Waals surface area contributed by atoms with Gasteiger partial charge in [0.15, 0.2) is 5.75 Å². The van der Waals surface area contributed by atoms with Crippen LogP contribution in [0.2, 0.25) is 10.0 Å². The molecule has 1 fully saturated rings. The number of likely N-dealkylation sites (tertiary alicyclic amines) is 1. The number of hydrogen-bond donors (Lipinski definition) is 2. The largest absolute Gasteiger partial charge is 0.488 e. The molecule has 0 radical (unpaired) electrons. The van der Waals surface area contributed by atoms with Crippen molar-refractivity contribution in [3.05, 3.63) is 27.7 Å². The van der Waals surface area contributed by atoms with Gasteiger partial charge in [-0.2, -0.15) is 0 Å². The van der Waals surface area contributed by atoms with Crippen molar-refractivity contribution in [1.82, 2.24) is 4.90 Å². The number of aliphatic hydroxyl groups excluding tert-OH is 1. The molecule has 1 aromatic carbocycles. The first-order chi connectivity index (χ1) is 10.8. The van der Waals surface area contributed by atoms with Crippen LogP contribution in [-0.4, -0.2) is 46.5 Å². The molecule has 0 amide bonds. The van der Waals surface area contributed by atoms with Crippen molar-refractivity contribution in [1.29, 1.82) is 0 Å². The fraction of sp³-hybridized carbons (Fsp3) is 0.647. The summed E-state index contributed by atoms with van der Waals surface area (Å²) in [5.74, 6) is 0.526. The van der Waals surface area contributed by atoms with Crippen LogP contribution in [-0.2, 0) is 6.54 Å². The molecule has 1 heterocycles. The normalized spacial score (nSPS) is 23.1. The smallest absolute Gasteiger partial charge is 0.156 e. The number of halogens is 2. The summed E-state index contributed by atoms with van der Waals surface area (Å²) in [4.78, 5) is 2.25. The third-order valence-electron chi connectivity index (χ3n) is 4.12. The van der Waals surface area contributed by atoms with Gasteiger partial charge in [-0.15, -0.1) is 0 Å². The van der Waals surface area contributed by atoms with Gasteiger partial charge in [-0.3, -0.25) is 4.90 Å². The third-order valence-corrected chi connectivity index (χ3v) is 4.68. The van der Waals surface area contributed by atoms with Gasteiger partial charge in [-0.05, 0) is 57.4 Å². The lowest BCUT2D eigenvalue weighted by molar-refractivity contribution is -0.0255. The standard InChI is InChI=1S/C17H25Cl2NO3/c1-12(2)23-16-14(18)8-13(9-15(16)19)10-20-6-3-4-17(22,11-21)5-7-20/h8-9,12,21-22H,3-7,10-11H2,1-2H3/t17-/m0/s1. The number of rotatable bonds is 5. The average molecular weight is 362 g/mol. The Morgan fingerprint density at radius 1 is 1.22 bits per heavy atom. The molecule has 2 rings (SSSR count). The van der Waals surface area contributed by atoms with Crippen molar-refractivity contribution in [2.45, 2.75) is 51.4 Å². The van der Waals surface area contributed by atoms with Gasteiger partial charge in [-0.1, -0.05) is 23.2 Å². The van der Waals surface area contributed by atoms with E-state index >= 15 is 0 Å². The second-order valence-electron chi connectivity index (χ2n) is 6.57. The minimum atomic E-state index is -0.945. The second kappa shape index (κ2) is 8.04. The van der Waals surface area contributed by atoms with Crippen LogP contribution in [0, 0.1) is 0 Å². The van der Waals surface area contributed by atoms with E-state index in [0.29, 0.717) is 35.2 Å². The third kappa shape index (κ3) is 5.23. The van der Waals surface area contributed by atoms with Crippen LogP contribution in [0.1, 0.15) is 38.7 Å². The van der Waals surface area contributed by atoms with Crippen molar-refractivity contribution < 1.29 is 14.9 Å². The molecule has 1 aliphatic heterocycles. The van der Waals surface area contributed by atoms with Crippen LogP contribution in [0.5, 0.6) is 5.75 Å². The topological polar surface area (TPSA) is 52.9 Å². The monoisotopic (exact) mass is 361 g/mol. The fourth-order valence-electron chi connectivity index (χ4n) is 2.86. The first-order valence-electron chi connectivity index (χ1n) is 8.03. The molecule has 0 aromatic heterocycles. The Balaban J connectivity index is 2.06. The Morgan fingerprint density at radius 3 is 2.43 bits per heavy atom. The molecular weight excluding hydrogens is 337 g/mol. The molecule has 1 aromatic rings. The summed E-state index contributed by atoms with van der Waals surface area (Å²) in [6.07, 6.45) is 2.06. The molecule has 130 valence electrons. The van der Waals surface area contributed by atoms with E-state index in [4.69, 9.17) is 27.9 Å². The zero-order valence-corrected chi connectivity index (χ0v) is 15.2. The second-order valence-corrected chi connectivity index (χ2v) is 7.38. The van der Waals surface area contributed by atoms with Gasteiger partial charge in [0.05, 0.1) is 28.4 Å². The number of benzene rings is 1. The van der Waals surface area contributed by atoms with Gasteiger partial charge < -0.3 is 14.9 Å². The van der Waals surface area contributed by atoms with Gasteiger partial charge in [0.2, 0.25) is 0 Å². The van der Waals surface area contributed by atoms with Crippen LogP contribution in [0.3, 0.4) is 0 Å². The van der Waals surface area contributed by atoms with Crippen LogP contribution in [0.25, 0.3) is 0 Å². The number of nitrogens with zero attached hydrogens (tertiary/aromatic N) is 1. The highest BCUT2D eigenvalue weighted by Crippen LogP contribution is 2.35. The zero-order chi connectivity index (χ0) is 17.0. The predicted octanol–water partition coefficient (Wildman–Crippen LogP) is 3.49. The molecule has 1 atom stereocenters. The van der Waals surface area contributed by atoms with E-state index < -0.39 is 5.60 Å². The maximum Gasteiger partial charge on any atom is 0.156 e. The SMILES string of the molecule is CC(C)Oc1c(Cl)cc(CN2CCC[C@@](O)(CO)CC2)cc1Cl. The van der Waals surface area contributed by atoms with E-state index in [1.807, 2.05) is 26.0 Å². The first-order valence-corrected chi connectivity index (χ1v) is 8.79. The summed E-state index contributed by atoms with van der Waals surface area (Å²) in [5.41, 5.74) is 0.0736. The number of ether oxygens (including phenoxy) is 1. The lowest BCUT2D eigenvalue weighted by Crippen LogP contribution is -2.34. The predicted molar refractivity (Wildman–Crippen MR) is 93.4 cm³/mol. The maximum atomic E-state index is 10.2. The van der Waals surface area contributed by atoms with E-state index in [9.17, 15) is 10.2 Å². The molecule has 0 aliphatic carbocycles. The highest BCUT2D eigenvalue weighted by molar-refractivity contribution is 6.37. The zero-order valence-electron chi connectivity index (χ0n) is 13.7. The van der Waals surface area contributed by atoms with Crippen LogP contribution in [0.4, 0.5) is 0 Å². The minimum Gasteiger partial charge on any atom is -0.488 e. The molecule has 1 saturated heterocycles. The molecule has 4 nitrogen and oxygen atoms in total.